The Morgan fingerprint density at radius 1 is 1.64 bits per heavy atom. The van der Waals surface area contributed by atoms with Gasteiger partial charge in [-0.1, -0.05) is 11.6 Å². The van der Waals surface area contributed by atoms with E-state index in [1.807, 2.05) is 6.07 Å². The lowest BCUT2D eigenvalue weighted by Crippen LogP contribution is -1.93. The van der Waals surface area contributed by atoms with E-state index in [0.717, 1.165) is 24.1 Å². The number of fused-ring (bicyclic) bond motifs is 1. The molecule has 1 aromatic heterocycles. The van der Waals surface area contributed by atoms with Crippen LogP contribution in [0.15, 0.2) is 12.3 Å². The van der Waals surface area contributed by atoms with Crippen LogP contribution in [0.2, 0.25) is 5.02 Å². The van der Waals surface area contributed by atoms with Gasteiger partial charge in [-0.05, 0) is 24.5 Å². The van der Waals surface area contributed by atoms with Crippen molar-refractivity contribution in [3.05, 3.63) is 28.5 Å². The molecule has 1 unspecified atom stereocenters. The van der Waals surface area contributed by atoms with E-state index in [0.29, 0.717) is 5.02 Å². The number of rotatable bonds is 0. The van der Waals surface area contributed by atoms with Gasteiger partial charge >= 0.3 is 0 Å². The number of nitrogens with zero attached hydrogens (tertiary/aromatic N) is 1. The topological polar surface area (TPSA) is 33.1 Å². The molecule has 3 heteroatoms. The third kappa shape index (κ3) is 1.12. The second-order valence-corrected chi connectivity index (χ2v) is 3.19. The summed E-state index contributed by atoms with van der Waals surface area (Å²) in [5.74, 6) is 0. The molecule has 1 heterocycles. The minimum absolute atomic E-state index is 0.373. The lowest BCUT2D eigenvalue weighted by atomic mass is 10.2. The number of aliphatic hydroxyl groups excluding tert-OH is 1. The number of aryl methyl sites for hydroxylation is 1. The molecular weight excluding hydrogens is 162 g/mol. The van der Waals surface area contributed by atoms with E-state index in [4.69, 9.17) is 11.6 Å². The van der Waals surface area contributed by atoms with Gasteiger partial charge in [0.2, 0.25) is 0 Å². The van der Waals surface area contributed by atoms with Gasteiger partial charge in [0, 0.05) is 6.20 Å². The lowest BCUT2D eigenvalue weighted by Gasteiger charge is -2.00. The van der Waals surface area contributed by atoms with Crippen LogP contribution in [0.1, 0.15) is 23.8 Å². The van der Waals surface area contributed by atoms with Crippen molar-refractivity contribution in [3.63, 3.8) is 0 Å². The first-order chi connectivity index (χ1) is 5.27. The van der Waals surface area contributed by atoms with Crippen LogP contribution in [0, 0.1) is 0 Å². The van der Waals surface area contributed by atoms with Crippen LogP contribution < -0.4 is 0 Å². The first-order valence-corrected chi connectivity index (χ1v) is 3.97. The van der Waals surface area contributed by atoms with E-state index in [-0.39, 0.29) is 6.10 Å². The van der Waals surface area contributed by atoms with E-state index < -0.39 is 0 Å². The van der Waals surface area contributed by atoms with Crippen LogP contribution in [0.4, 0.5) is 0 Å². The summed E-state index contributed by atoms with van der Waals surface area (Å²) >= 11 is 5.73. The summed E-state index contributed by atoms with van der Waals surface area (Å²) in [6, 6.07) is 1.88. The summed E-state index contributed by atoms with van der Waals surface area (Å²) in [7, 11) is 0. The Morgan fingerprint density at radius 2 is 2.45 bits per heavy atom. The number of pyridine rings is 1. The molecule has 58 valence electrons. The molecule has 2 nitrogen and oxygen atoms in total. The Balaban J connectivity index is 2.50. The van der Waals surface area contributed by atoms with Crippen LogP contribution in [-0.4, -0.2) is 10.1 Å². The number of aliphatic hydroxyl groups is 1. The minimum atomic E-state index is -0.373. The summed E-state index contributed by atoms with van der Waals surface area (Å²) in [5, 5.41) is 10.0. The zero-order valence-electron chi connectivity index (χ0n) is 5.92. The second-order valence-electron chi connectivity index (χ2n) is 2.75. The van der Waals surface area contributed by atoms with Crippen LogP contribution in [0.5, 0.6) is 0 Å². The zero-order valence-corrected chi connectivity index (χ0v) is 6.67. The van der Waals surface area contributed by atoms with Crippen molar-refractivity contribution in [1.29, 1.82) is 0 Å². The SMILES string of the molecule is OC1CCc2cc(Cl)cnc21. The molecule has 1 aliphatic rings. The molecule has 0 spiro atoms. The Morgan fingerprint density at radius 3 is 3.27 bits per heavy atom. The third-order valence-corrected chi connectivity index (χ3v) is 2.18. The Kier molecular flexibility index (Phi) is 1.59. The highest BCUT2D eigenvalue weighted by atomic mass is 35.5. The third-order valence-electron chi connectivity index (χ3n) is 1.97. The van der Waals surface area contributed by atoms with Crippen molar-refractivity contribution in [2.75, 3.05) is 0 Å². The minimum Gasteiger partial charge on any atom is -0.387 e. The van der Waals surface area contributed by atoms with Crippen molar-refractivity contribution < 1.29 is 5.11 Å². The summed E-state index contributed by atoms with van der Waals surface area (Å²) in [6.45, 7) is 0. The molecule has 0 fully saturated rings. The van der Waals surface area contributed by atoms with E-state index in [2.05, 4.69) is 4.98 Å². The monoisotopic (exact) mass is 169 g/mol. The molecule has 0 aliphatic heterocycles. The quantitative estimate of drug-likeness (QED) is 0.642. The normalized spacial score (nSPS) is 21.8. The van der Waals surface area contributed by atoms with Crippen LogP contribution >= 0.6 is 11.6 Å². The summed E-state index contributed by atoms with van der Waals surface area (Å²) in [6.07, 6.45) is 2.88. The molecule has 0 radical (unpaired) electrons. The van der Waals surface area contributed by atoms with E-state index >= 15 is 0 Å². The highest BCUT2D eigenvalue weighted by molar-refractivity contribution is 6.30. The van der Waals surface area contributed by atoms with Gasteiger partial charge in [0.05, 0.1) is 16.8 Å². The fourth-order valence-corrected chi connectivity index (χ4v) is 1.60. The Bertz CT molecular complexity index is 287. The number of hydrogen-bond donors (Lipinski definition) is 1. The molecule has 1 N–H and O–H groups in total. The molecule has 0 aromatic carbocycles. The van der Waals surface area contributed by atoms with E-state index in [1.54, 1.807) is 6.20 Å². The second kappa shape index (κ2) is 2.47. The van der Waals surface area contributed by atoms with Gasteiger partial charge in [0.25, 0.3) is 0 Å². The fourth-order valence-electron chi connectivity index (χ4n) is 1.42. The average Bonchev–Trinajstić information content (AvgIpc) is 2.32. The summed E-state index contributed by atoms with van der Waals surface area (Å²) < 4.78 is 0. The summed E-state index contributed by atoms with van der Waals surface area (Å²) in [5.41, 5.74) is 1.89. The number of hydrogen-bond acceptors (Lipinski definition) is 2. The molecule has 0 saturated carbocycles. The molecule has 1 aliphatic carbocycles. The van der Waals surface area contributed by atoms with E-state index in [9.17, 15) is 5.11 Å². The maximum Gasteiger partial charge on any atom is 0.0965 e. The lowest BCUT2D eigenvalue weighted by molar-refractivity contribution is 0.176. The molecule has 0 amide bonds. The van der Waals surface area contributed by atoms with Crippen molar-refractivity contribution in [1.82, 2.24) is 4.98 Å². The smallest absolute Gasteiger partial charge is 0.0965 e. The number of aromatic nitrogens is 1. The van der Waals surface area contributed by atoms with Gasteiger partial charge < -0.3 is 5.11 Å². The van der Waals surface area contributed by atoms with Gasteiger partial charge in [-0.3, -0.25) is 4.98 Å². The molecular formula is C8H8ClNO. The largest absolute Gasteiger partial charge is 0.387 e. The number of halogens is 1. The first kappa shape index (κ1) is 7.07. The van der Waals surface area contributed by atoms with Gasteiger partial charge in [-0.25, -0.2) is 0 Å². The predicted molar refractivity (Wildman–Crippen MR) is 42.5 cm³/mol. The molecule has 1 aromatic rings. The van der Waals surface area contributed by atoms with Crippen molar-refractivity contribution in [2.45, 2.75) is 18.9 Å². The average molecular weight is 170 g/mol. The van der Waals surface area contributed by atoms with Crippen molar-refractivity contribution in [3.8, 4) is 0 Å². The zero-order chi connectivity index (χ0) is 7.84. The van der Waals surface area contributed by atoms with Crippen molar-refractivity contribution in [2.24, 2.45) is 0 Å². The fraction of sp³-hybridized carbons (Fsp3) is 0.375. The standard InChI is InChI=1S/C8H8ClNO/c9-6-3-5-1-2-7(11)8(5)10-4-6/h3-4,7,11H,1-2H2. The molecule has 1 atom stereocenters. The summed E-state index contributed by atoms with van der Waals surface area (Å²) in [4.78, 5) is 4.06. The van der Waals surface area contributed by atoms with Gasteiger partial charge in [0.1, 0.15) is 0 Å². The molecule has 0 saturated heterocycles. The maximum atomic E-state index is 9.37. The first-order valence-electron chi connectivity index (χ1n) is 3.60. The van der Waals surface area contributed by atoms with Gasteiger partial charge in [0.15, 0.2) is 0 Å². The van der Waals surface area contributed by atoms with Crippen LogP contribution in [0.3, 0.4) is 0 Å². The Labute approximate surface area is 69.8 Å². The highest BCUT2D eigenvalue weighted by Gasteiger charge is 2.21. The Hall–Kier alpha value is -0.600. The molecule has 0 bridgehead atoms. The predicted octanol–water partition coefficient (Wildman–Crippen LogP) is 1.71. The van der Waals surface area contributed by atoms with E-state index in [1.165, 1.54) is 0 Å². The van der Waals surface area contributed by atoms with Gasteiger partial charge in [-0.2, -0.15) is 0 Å². The maximum absolute atomic E-state index is 9.37. The molecule has 2 rings (SSSR count). The van der Waals surface area contributed by atoms with Crippen LogP contribution in [-0.2, 0) is 6.42 Å². The highest BCUT2D eigenvalue weighted by Crippen LogP contribution is 2.30. The molecule has 11 heavy (non-hydrogen) atoms. The van der Waals surface area contributed by atoms with Gasteiger partial charge in [-0.15, -0.1) is 0 Å². The van der Waals surface area contributed by atoms with Crippen LogP contribution in [0.25, 0.3) is 0 Å². The van der Waals surface area contributed by atoms with Crippen molar-refractivity contribution >= 4 is 11.6 Å².